The normalized spacial score (nSPS) is 19.5. The molecule has 18 heavy (non-hydrogen) atoms. The SMILES string of the molecule is NC1CCCCc2cn(CCc3ccsc3)cc21. The number of nitrogens with zero attached hydrogens (tertiary/aromatic N) is 1. The molecule has 3 heteroatoms. The minimum Gasteiger partial charge on any atom is -0.353 e. The van der Waals surface area contributed by atoms with Gasteiger partial charge in [0.2, 0.25) is 0 Å². The van der Waals surface area contributed by atoms with Crippen molar-refractivity contribution >= 4 is 11.3 Å². The number of nitrogens with two attached hydrogens (primary N) is 1. The van der Waals surface area contributed by atoms with Crippen molar-refractivity contribution in [3.05, 3.63) is 45.9 Å². The molecule has 2 N–H and O–H groups in total. The molecule has 3 rings (SSSR count). The molecule has 0 bridgehead atoms. The standard InChI is InChI=1S/C15H20N2S/c16-15-4-2-1-3-13-9-17(10-14(13)15)7-5-12-6-8-18-11-12/h6,8-11,15H,1-5,7,16H2. The van der Waals surface area contributed by atoms with Crippen molar-refractivity contribution in [1.29, 1.82) is 0 Å². The molecule has 96 valence electrons. The number of hydrogen-bond acceptors (Lipinski definition) is 2. The maximum Gasteiger partial charge on any atom is 0.0312 e. The topological polar surface area (TPSA) is 30.9 Å². The van der Waals surface area contributed by atoms with Crippen molar-refractivity contribution in [2.24, 2.45) is 5.73 Å². The first kappa shape index (κ1) is 12.0. The summed E-state index contributed by atoms with van der Waals surface area (Å²) in [5.74, 6) is 0. The van der Waals surface area contributed by atoms with E-state index in [1.807, 2.05) is 0 Å². The van der Waals surface area contributed by atoms with E-state index >= 15 is 0 Å². The van der Waals surface area contributed by atoms with Crippen LogP contribution in [0.4, 0.5) is 0 Å². The number of thiophene rings is 1. The summed E-state index contributed by atoms with van der Waals surface area (Å²) in [7, 11) is 0. The molecular formula is C15H20N2S. The fourth-order valence-corrected chi connectivity index (χ4v) is 3.48. The van der Waals surface area contributed by atoms with Crippen LogP contribution in [0.15, 0.2) is 29.2 Å². The zero-order valence-electron chi connectivity index (χ0n) is 10.6. The van der Waals surface area contributed by atoms with E-state index in [-0.39, 0.29) is 6.04 Å². The van der Waals surface area contributed by atoms with E-state index in [1.54, 1.807) is 11.3 Å². The van der Waals surface area contributed by atoms with Crippen LogP contribution < -0.4 is 5.73 Å². The molecule has 1 aliphatic rings. The lowest BCUT2D eigenvalue weighted by molar-refractivity contribution is 0.606. The first-order valence-electron chi connectivity index (χ1n) is 6.78. The van der Waals surface area contributed by atoms with Crippen molar-refractivity contribution in [2.45, 2.75) is 44.7 Å². The van der Waals surface area contributed by atoms with Gasteiger partial charge in [-0.2, -0.15) is 11.3 Å². The van der Waals surface area contributed by atoms with Crippen LogP contribution >= 0.6 is 11.3 Å². The Balaban J connectivity index is 1.72. The van der Waals surface area contributed by atoms with Gasteiger partial charge < -0.3 is 10.3 Å². The molecule has 1 unspecified atom stereocenters. The predicted molar refractivity (Wildman–Crippen MR) is 76.9 cm³/mol. The van der Waals surface area contributed by atoms with Gasteiger partial charge in [0.05, 0.1) is 0 Å². The second kappa shape index (κ2) is 5.29. The highest BCUT2D eigenvalue weighted by Crippen LogP contribution is 2.27. The Kier molecular flexibility index (Phi) is 3.52. The van der Waals surface area contributed by atoms with Gasteiger partial charge in [-0.3, -0.25) is 0 Å². The summed E-state index contributed by atoms with van der Waals surface area (Å²) >= 11 is 1.78. The summed E-state index contributed by atoms with van der Waals surface area (Å²) in [6.45, 7) is 1.07. The molecule has 0 fully saturated rings. The van der Waals surface area contributed by atoms with E-state index in [9.17, 15) is 0 Å². The van der Waals surface area contributed by atoms with Gasteiger partial charge in [0.1, 0.15) is 0 Å². The molecule has 0 aromatic carbocycles. The molecule has 2 heterocycles. The minimum atomic E-state index is 0.255. The molecule has 0 saturated heterocycles. The summed E-state index contributed by atoms with van der Waals surface area (Å²) in [5.41, 5.74) is 10.5. The molecule has 0 spiro atoms. The molecular weight excluding hydrogens is 240 g/mol. The smallest absolute Gasteiger partial charge is 0.0312 e. The third-order valence-electron chi connectivity index (χ3n) is 3.85. The molecule has 1 atom stereocenters. The lowest BCUT2D eigenvalue weighted by Gasteiger charge is -2.07. The van der Waals surface area contributed by atoms with Gasteiger partial charge in [-0.05, 0) is 59.2 Å². The Morgan fingerprint density at radius 2 is 2.28 bits per heavy atom. The quantitative estimate of drug-likeness (QED) is 0.841. The maximum absolute atomic E-state index is 6.24. The Morgan fingerprint density at radius 1 is 1.33 bits per heavy atom. The molecule has 0 saturated carbocycles. The van der Waals surface area contributed by atoms with Crippen molar-refractivity contribution in [3.8, 4) is 0 Å². The van der Waals surface area contributed by atoms with Gasteiger partial charge in [-0.1, -0.05) is 6.42 Å². The molecule has 0 radical (unpaired) electrons. The third-order valence-corrected chi connectivity index (χ3v) is 4.58. The van der Waals surface area contributed by atoms with Gasteiger partial charge in [-0.25, -0.2) is 0 Å². The first-order valence-corrected chi connectivity index (χ1v) is 7.72. The van der Waals surface area contributed by atoms with E-state index in [0.29, 0.717) is 0 Å². The van der Waals surface area contributed by atoms with Gasteiger partial charge in [0.15, 0.2) is 0 Å². The fourth-order valence-electron chi connectivity index (χ4n) is 2.77. The molecule has 1 aliphatic carbocycles. The minimum absolute atomic E-state index is 0.255. The van der Waals surface area contributed by atoms with Crippen LogP contribution in [0.2, 0.25) is 0 Å². The number of rotatable bonds is 3. The van der Waals surface area contributed by atoms with E-state index in [0.717, 1.165) is 19.4 Å². The van der Waals surface area contributed by atoms with Gasteiger partial charge >= 0.3 is 0 Å². The summed E-state index contributed by atoms with van der Waals surface area (Å²) in [6, 6.07) is 2.47. The summed E-state index contributed by atoms with van der Waals surface area (Å²) in [4.78, 5) is 0. The van der Waals surface area contributed by atoms with Crippen LogP contribution in [0.3, 0.4) is 0 Å². The van der Waals surface area contributed by atoms with E-state index < -0.39 is 0 Å². The second-order valence-corrected chi connectivity index (χ2v) is 5.99. The zero-order chi connectivity index (χ0) is 12.4. The largest absolute Gasteiger partial charge is 0.353 e. The number of aromatic nitrogens is 1. The van der Waals surface area contributed by atoms with Crippen LogP contribution in [-0.4, -0.2) is 4.57 Å². The lowest BCUT2D eigenvalue weighted by Crippen LogP contribution is -2.09. The molecule has 2 nitrogen and oxygen atoms in total. The van der Waals surface area contributed by atoms with Crippen LogP contribution in [-0.2, 0) is 19.4 Å². The van der Waals surface area contributed by atoms with Crippen molar-refractivity contribution in [2.75, 3.05) is 0 Å². The number of hydrogen-bond donors (Lipinski definition) is 1. The van der Waals surface area contributed by atoms with Crippen LogP contribution in [0.1, 0.15) is 42.0 Å². The highest BCUT2D eigenvalue weighted by atomic mass is 32.1. The highest BCUT2D eigenvalue weighted by molar-refractivity contribution is 7.07. The second-order valence-electron chi connectivity index (χ2n) is 5.21. The van der Waals surface area contributed by atoms with Crippen LogP contribution in [0.5, 0.6) is 0 Å². The van der Waals surface area contributed by atoms with E-state index in [2.05, 4.69) is 33.8 Å². The monoisotopic (exact) mass is 260 g/mol. The number of fused-ring (bicyclic) bond motifs is 1. The van der Waals surface area contributed by atoms with Gasteiger partial charge in [-0.15, -0.1) is 0 Å². The van der Waals surface area contributed by atoms with E-state index in [1.165, 1.54) is 36.0 Å². The molecule has 2 aromatic rings. The van der Waals surface area contributed by atoms with Gasteiger partial charge in [0.25, 0.3) is 0 Å². The number of aryl methyl sites for hydroxylation is 3. The van der Waals surface area contributed by atoms with Crippen molar-refractivity contribution < 1.29 is 0 Å². The Morgan fingerprint density at radius 3 is 3.11 bits per heavy atom. The van der Waals surface area contributed by atoms with Crippen LogP contribution in [0.25, 0.3) is 0 Å². The zero-order valence-corrected chi connectivity index (χ0v) is 11.5. The Hall–Kier alpha value is -1.06. The fraction of sp³-hybridized carbons (Fsp3) is 0.467. The summed E-state index contributed by atoms with van der Waals surface area (Å²) in [5, 5.41) is 4.39. The lowest BCUT2D eigenvalue weighted by atomic mass is 10.1. The van der Waals surface area contributed by atoms with Gasteiger partial charge in [0, 0.05) is 25.0 Å². The van der Waals surface area contributed by atoms with Crippen molar-refractivity contribution in [1.82, 2.24) is 4.57 Å². The average Bonchev–Trinajstić information content (AvgIpc) is 2.98. The first-order chi connectivity index (χ1) is 8.83. The predicted octanol–water partition coefficient (Wildman–Crippen LogP) is 3.52. The van der Waals surface area contributed by atoms with E-state index in [4.69, 9.17) is 5.73 Å². The molecule has 0 amide bonds. The summed E-state index contributed by atoms with van der Waals surface area (Å²) < 4.78 is 2.33. The highest BCUT2D eigenvalue weighted by Gasteiger charge is 2.17. The summed E-state index contributed by atoms with van der Waals surface area (Å²) in [6.07, 6.45) is 10.6. The van der Waals surface area contributed by atoms with Crippen molar-refractivity contribution in [3.63, 3.8) is 0 Å². The third kappa shape index (κ3) is 2.52. The average molecular weight is 260 g/mol. The molecule has 2 aromatic heterocycles. The Labute approximate surface area is 112 Å². The Bertz CT molecular complexity index is 499. The molecule has 0 aliphatic heterocycles. The maximum atomic E-state index is 6.24. The van der Waals surface area contributed by atoms with Crippen LogP contribution in [0, 0.1) is 0 Å².